The highest BCUT2D eigenvalue weighted by Crippen LogP contribution is 2.20. The molecule has 0 saturated carbocycles. The number of hydrogen-bond acceptors (Lipinski definition) is 2. The SMILES string of the molecule is CCN(CC)C(=O)CSCc1ccc(F)c(Br)c1. The largest absolute Gasteiger partial charge is 0.343 e. The van der Waals surface area contributed by atoms with E-state index in [1.54, 1.807) is 23.9 Å². The van der Waals surface area contributed by atoms with Gasteiger partial charge < -0.3 is 4.90 Å². The summed E-state index contributed by atoms with van der Waals surface area (Å²) in [6.07, 6.45) is 0. The molecule has 0 aliphatic carbocycles. The second-order valence-corrected chi connectivity index (χ2v) is 5.65. The molecule has 0 fully saturated rings. The van der Waals surface area contributed by atoms with E-state index in [-0.39, 0.29) is 11.7 Å². The molecule has 5 heteroatoms. The predicted octanol–water partition coefficient (Wildman–Crippen LogP) is 3.69. The molecule has 0 unspecified atom stereocenters. The Morgan fingerprint density at radius 2 is 2.06 bits per heavy atom. The van der Waals surface area contributed by atoms with Crippen LogP contribution in [0.4, 0.5) is 4.39 Å². The molecule has 0 atom stereocenters. The van der Waals surface area contributed by atoms with Crippen molar-refractivity contribution < 1.29 is 9.18 Å². The van der Waals surface area contributed by atoms with Crippen LogP contribution in [0, 0.1) is 5.82 Å². The molecule has 0 aliphatic rings. The quantitative estimate of drug-likeness (QED) is 0.791. The zero-order chi connectivity index (χ0) is 13.5. The number of nitrogens with zero attached hydrogens (tertiary/aromatic N) is 1. The fraction of sp³-hybridized carbons (Fsp3) is 0.462. The minimum absolute atomic E-state index is 0.158. The number of hydrogen-bond donors (Lipinski definition) is 0. The lowest BCUT2D eigenvalue weighted by atomic mass is 10.2. The van der Waals surface area contributed by atoms with Crippen molar-refractivity contribution >= 4 is 33.6 Å². The van der Waals surface area contributed by atoms with Gasteiger partial charge in [0.2, 0.25) is 5.91 Å². The minimum atomic E-state index is -0.261. The molecule has 1 amide bonds. The number of benzene rings is 1. The molecular weight excluding hydrogens is 317 g/mol. The minimum Gasteiger partial charge on any atom is -0.343 e. The van der Waals surface area contributed by atoms with E-state index >= 15 is 0 Å². The van der Waals surface area contributed by atoms with E-state index in [1.165, 1.54) is 6.07 Å². The van der Waals surface area contributed by atoms with Crippen molar-refractivity contribution in [2.24, 2.45) is 0 Å². The molecule has 1 aromatic rings. The van der Waals surface area contributed by atoms with Gasteiger partial charge in [0.1, 0.15) is 5.82 Å². The molecule has 0 bridgehead atoms. The molecule has 1 rings (SSSR count). The molecule has 0 heterocycles. The lowest BCUT2D eigenvalue weighted by Crippen LogP contribution is -2.31. The third-order valence-electron chi connectivity index (χ3n) is 2.59. The number of thioether (sulfide) groups is 1. The number of halogens is 2. The Balaban J connectivity index is 2.41. The average molecular weight is 334 g/mol. The molecule has 0 radical (unpaired) electrons. The van der Waals surface area contributed by atoms with E-state index in [0.717, 1.165) is 18.7 Å². The monoisotopic (exact) mass is 333 g/mol. The second-order valence-electron chi connectivity index (χ2n) is 3.81. The Morgan fingerprint density at radius 3 is 2.61 bits per heavy atom. The summed E-state index contributed by atoms with van der Waals surface area (Å²) in [4.78, 5) is 13.6. The highest BCUT2D eigenvalue weighted by atomic mass is 79.9. The first-order chi connectivity index (χ1) is 8.58. The van der Waals surface area contributed by atoms with Crippen LogP contribution in [-0.2, 0) is 10.5 Å². The van der Waals surface area contributed by atoms with Gasteiger partial charge in [-0.3, -0.25) is 4.79 Å². The van der Waals surface area contributed by atoms with Crippen molar-refractivity contribution in [3.8, 4) is 0 Å². The summed E-state index contributed by atoms with van der Waals surface area (Å²) in [5.74, 6) is 1.08. The maximum Gasteiger partial charge on any atom is 0.232 e. The summed E-state index contributed by atoms with van der Waals surface area (Å²) >= 11 is 4.71. The average Bonchev–Trinajstić information content (AvgIpc) is 2.35. The highest BCUT2D eigenvalue weighted by molar-refractivity contribution is 9.10. The first-order valence-electron chi connectivity index (χ1n) is 5.87. The van der Waals surface area contributed by atoms with Crippen molar-refractivity contribution in [3.05, 3.63) is 34.1 Å². The molecule has 0 N–H and O–H groups in total. The maximum atomic E-state index is 13.0. The van der Waals surface area contributed by atoms with Gasteiger partial charge in [0.25, 0.3) is 0 Å². The van der Waals surface area contributed by atoms with Crippen molar-refractivity contribution in [2.45, 2.75) is 19.6 Å². The smallest absolute Gasteiger partial charge is 0.232 e. The summed E-state index contributed by atoms with van der Waals surface area (Å²) in [6, 6.07) is 4.94. The van der Waals surface area contributed by atoms with E-state index in [2.05, 4.69) is 15.9 Å². The van der Waals surface area contributed by atoms with E-state index in [9.17, 15) is 9.18 Å². The van der Waals surface area contributed by atoms with Gasteiger partial charge >= 0.3 is 0 Å². The van der Waals surface area contributed by atoms with Gasteiger partial charge in [-0.15, -0.1) is 11.8 Å². The third kappa shape index (κ3) is 4.61. The van der Waals surface area contributed by atoms with Crippen LogP contribution in [0.1, 0.15) is 19.4 Å². The standard InChI is InChI=1S/C13H17BrFNOS/c1-3-16(4-2)13(17)9-18-8-10-5-6-12(15)11(14)7-10/h5-7H,3-4,8-9H2,1-2H3. The van der Waals surface area contributed by atoms with Crippen molar-refractivity contribution in [2.75, 3.05) is 18.8 Å². The molecule has 100 valence electrons. The Kier molecular flexibility index (Phi) is 6.71. The number of amides is 1. The van der Waals surface area contributed by atoms with Crippen molar-refractivity contribution in [1.82, 2.24) is 4.90 Å². The number of carbonyl (C=O) groups excluding carboxylic acids is 1. The Morgan fingerprint density at radius 1 is 1.39 bits per heavy atom. The molecule has 2 nitrogen and oxygen atoms in total. The van der Waals surface area contributed by atoms with Crippen LogP contribution in [0.25, 0.3) is 0 Å². The summed E-state index contributed by atoms with van der Waals surface area (Å²) in [7, 11) is 0. The lowest BCUT2D eigenvalue weighted by Gasteiger charge is -2.18. The van der Waals surface area contributed by atoms with E-state index in [1.807, 2.05) is 18.7 Å². The first-order valence-corrected chi connectivity index (χ1v) is 7.82. The molecular formula is C13H17BrFNOS. The Hall–Kier alpha value is -0.550. The molecule has 0 saturated heterocycles. The van der Waals surface area contributed by atoms with E-state index < -0.39 is 0 Å². The molecule has 18 heavy (non-hydrogen) atoms. The Labute approximate surface area is 120 Å². The van der Waals surface area contributed by atoms with Gasteiger partial charge in [0, 0.05) is 18.8 Å². The summed E-state index contributed by atoms with van der Waals surface area (Å²) < 4.78 is 13.5. The normalized spacial score (nSPS) is 10.4. The summed E-state index contributed by atoms with van der Waals surface area (Å²) in [6.45, 7) is 5.45. The fourth-order valence-electron chi connectivity index (χ4n) is 1.55. The molecule has 0 aliphatic heterocycles. The van der Waals surface area contributed by atoms with Gasteiger partial charge in [0.05, 0.1) is 10.2 Å². The zero-order valence-electron chi connectivity index (χ0n) is 10.6. The van der Waals surface area contributed by atoms with Crippen molar-refractivity contribution in [1.29, 1.82) is 0 Å². The molecule has 0 spiro atoms. The van der Waals surface area contributed by atoms with Crippen LogP contribution in [0.15, 0.2) is 22.7 Å². The lowest BCUT2D eigenvalue weighted by molar-refractivity contribution is -0.127. The van der Waals surface area contributed by atoms with Crippen LogP contribution in [-0.4, -0.2) is 29.6 Å². The third-order valence-corrected chi connectivity index (χ3v) is 4.19. The highest BCUT2D eigenvalue weighted by Gasteiger charge is 2.09. The van der Waals surface area contributed by atoms with Crippen LogP contribution in [0.2, 0.25) is 0 Å². The van der Waals surface area contributed by atoms with E-state index in [0.29, 0.717) is 16.0 Å². The van der Waals surface area contributed by atoms with Gasteiger partial charge in [-0.25, -0.2) is 4.39 Å². The molecule has 0 aromatic heterocycles. The van der Waals surface area contributed by atoms with Gasteiger partial charge in [-0.05, 0) is 47.5 Å². The Bertz CT molecular complexity index is 410. The first kappa shape index (κ1) is 15.5. The maximum absolute atomic E-state index is 13.0. The second kappa shape index (κ2) is 7.79. The van der Waals surface area contributed by atoms with Gasteiger partial charge in [-0.2, -0.15) is 0 Å². The van der Waals surface area contributed by atoms with Crippen LogP contribution >= 0.6 is 27.7 Å². The summed E-state index contributed by atoms with van der Waals surface area (Å²) in [5.41, 5.74) is 1.01. The number of rotatable bonds is 6. The predicted molar refractivity (Wildman–Crippen MR) is 78.2 cm³/mol. The fourth-order valence-corrected chi connectivity index (χ4v) is 2.85. The topological polar surface area (TPSA) is 20.3 Å². The van der Waals surface area contributed by atoms with Crippen LogP contribution in [0.3, 0.4) is 0 Å². The zero-order valence-corrected chi connectivity index (χ0v) is 13.0. The van der Waals surface area contributed by atoms with Gasteiger partial charge in [0.15, 0.2) is 0 Å². The van der Waals surface area contributed by atoms with E-state index in [4.69, 9.17) is 0 Å². The number of carbonyl (C=O) groups is 1. The summed E-state index contributed by atoms with van der Waals surface area (Å²) in [5, 5.41) is 0. The molecule has 1 aromatic carbocycles. The van der Waals surface area contributed by atoms with Crippen LogP contribution in [0.5, 0.6) is 0 Å². The van der Waals surface area contributed by atoms with Crippen LogP contribution < -0.4 is 0 Å². The van der Waals surface area contributed by atoms with Crippen molar-refractivity contribution in [3.63, 3.8) is 0 Å². The van der Waals surface area contributed by atoms with Gasteiger partial charge in [-0.1, -0.05) is 6.07 Å².